The van der Waals surface area contributed by atoms with Crippen molar-refractivity contribution in [2.24, 2.45) is 0 Å². The molecule has 0 radical (unpaired) electrons. The number of esters is 3. The van der Waals surface area contributed by atoms with Crippen LogP contribution in [0, 0.1) is 0 Å². The molecule has 192 valence electrons. The second-order valence-electron chi connectivity index (χ2n) is 8.37. The molecule has 1 heterocycles. The lowest BCUT2D eigenvalue weighted by molar-refractivity contribution is -0.195. The molecule has 3 aromatic rings. The molecule has 0 spiro atoms. The van der Waals surface area contributed by atoms with Gasteiger partial charge in [-0.15, -0.1) is 11.8 Å². The molecule has 1 aliphatic rings. The molecule has 0 saturated carbocycles. The lowest BCUT2D eigenvalue weighted by atomic mass is 9.99. The van der Waals surface area contributed by atoms with Crippen LogP contribution in [0.5, 0.6) is 0 Å². The van der Waals surface area contributed by atoms with Gasteiger partial charge >= 0.3 is 17.9 Å². The van der Waals surface area contributed by atoms with E-state index in [0.29, 0.717) is 22.4 Å². The van der Waals surface area contributed by atoms with Gasteiger partial charge in [-0.05, 0) is 49.1 Å². The molecular weight excluding hydrogens is 492 g/mol. The second kappa shape index (κ2) is 12.6. The highest BCUT2D eigenvalue weighted by atomic mass is 32.2. The van der Waals surface area contributed by atoms with E-state index in [2.05, 4.69) is 0 Å². The summed E-state index contributed by atoms with van der Waals surface area (Å²) in [5.41, 5.74) is 0.355. The fraction of sp³-hybridized carbons (Fsp3) is 0.276. The summed E-state index contributed by atoms with van der Waals surface area (Å²) in [6.07, 6.45) is -3.81. The predicted octanol–water partition coefficient (Wildman–Crippen LogP) is 5.16. The summed E-state index contributed by atoms with van der Waals surface area (Å²) < 4.78 is 23.8. The molecule has 0 amide bonds. The van der Waals surface area contributed by atoms with Crippen LogP contribution in [-0.4, -0.2) is 53.5 Å². The van der Waals surface area contributed by atoms with Crippen LogP contribution in [0.1, 0.15) is 44.9 Å². The summed E-state index contributed by atoms with van der Waals surface area (Å²) in [5, 5.41) is 0. The highest BCUT2D eigenvalue weighted by Crippen LogP contribution is 2.35. The quantitative estimate of drug-likeness (QED) is 0.297. The van der Waals surface area contributed by atoms with E-state index in [9.17, 15) is 14.4 Å². The molecule has 0 aromatic heterocycles. The Morgan fingerprint density at radius 3 is 1.43 bits per heavy atom. The topological polar surface area (TPSA) is 88.1 Å². The summed E-state index contributed by atoms with van der Waals surface area (Å²) in [4.78, 5) is 39.2. The van der Waals surface area contributed by atoms with Gasteiger partial charge in [0.1, 0.15) is 5.44 Å². The van der Waals surface area contributed by atoms with Crippen molar-refractivity contribution in [2.75, 3.05) is 5.75 Å². The maximum absolute atomic E-state index is 13.1. The van der Waals surface area contributed by atoms with E-state index in [1.54, 1.807) is 97.9 Å². The summed E-state index contributed by atoms with van der Waals surface area (Å²) >= 11 is 1.41. The fourth-order valence-corrected chi connectivity index (χ4v) is 4.97. The molecule has 5 atom stereocenters. The Hall–Kier alpha value is -3.62. The van der Waals surface area contributed by atoms with Gasteiger partial charge in [-0.2, -0.15) is 0 Å². The Labute approximate surface area is 220 Å². The number of rotatable bonds is 8. The van der Waals surface area contributed by atoms with Crippen molar-refractivity contribution in [3.63, 3.8) is 0 Å². The Bertz CT molecular complexity index is 1190. The van der Waals surface area contributed by atoms with Gasteiger partial charge in [0.2, 0.25) is 0 Å². The van der Waals surface area contributed by atoms with E-state index < -0.39 is 47.8 Å². The Morgan fingerprint density at radius 1 is 0.649 bits per heavy atom. The van der Waals surface area contributed by atoms with Crippen LogP contribution >= 0.6 is 11.8 Å². The third-order valence-corrected chi connectivity index (χ3v) is 6.86. The minimum absolute atomic E-state index is 0.322. The van der Waals surface area contributed by atoms with E-state index >= 15 is 0 Å². The number of ether oxygens (including phenoxy) is 4. The van der Waals surface area contributed by atoms with Crippen LogP contribution < -0.4 is 0 Å². The van der Waals surface area contributed by atoms with Crippen LogP contribution in [0.25, 0.3) is 0 Å². The molecule has 3 aromatic carbocycles. The SMILES string of the molecule is CCS[C@@H]1OC(C)[C@H](OC(=O)c2ccccc2)C(OC(=O)c2ccccc2)[C@@H]1OC(=O)c1ccccc1. The molecule has 4 rings (SSSR count). The van der Waals surface area contributed by atoms with Crippen LogP contribution in [0.2, 0.25) is 0 Å². The molecular formula is C29H28O7S. The van der Waals surface area contributed by atoms with Gasteiger partial charge in [-0.1, -0.05) is 61.5 Å². The third-order valence-electron chi connectivity index (χ3n) is 5.82. The summed E-state index contributed by atoms with van der Waals surface area (Å²) in [7, 11) is 0. The van der Waals surface area contributed by atoms with Crippen molar-refractivity contribution in [1.82, 2.24) is 0 Å². The molecule has 1 saturated heterocycles. The normalized spacial score (nSPS) is 23.0. The monoisotopic (exact) mass is 520 g/mol. The average molecular weight is 521 g/mol. The van der Waals surface area contributed by atoms with E-state index in [1.165, 1.54) is 11.8 Å². The number of hydrogen-bond acceptors (Lipinski definition) is 8. The van der Waals surface area contributed by atoms with Crippen molar-refractivity contribution < 1.29 is 33.3 Å². The molecule has 0 bridgehead atoms. The van der Waals surface area contributed by atoms with Crippen LogP contribution in [0.4, 0.5) is 0 Å². The second-order valence-corrected chi connectivity index (χ2v) is 9.75. The zero-order valence-electron chi connectivity index (χ0n) is 20.5. The van der Waals surface area contributed by atoms with Crippen molar-refractivity contribution in [2.45, 2.75) is 43.7 Å². The number of benzene rings is 3. The van der Waals surface area contributed by atoms with Crippen molar-refractivity contribution in [3.05, 3.63) is 108 Å². The van der Waals surface area contributed by atoms with Gasteiger partial charge in [-0.3, -0.25) is 0 Å². The highest BCUT2D eigenvalue weighted by Gasteiger charge is 2.51. The average Bonchev–Trinajstić information content (AvgIpc) is 2.94. The van der Waals surface area contributed by atoms with Crippen molar-refractivity contribution >= 4 is 29.7 Å². The summed E-state index contributed by atoms with van der Waals surface area (Å²) in [6.45, 7) is 3.69. The first-order chi connectivity index (χ1) is 18.0. The highest BCUT2D eigenvalue weighted by molar-refractivity contribution is 7.99. The van der Waals surface area contributed by atoms with Gasteiger partial charge in [0, 0.05) is 0 Å². The van der Waals surface area contributed by atoms with Gasteiger partial charge in [-0.25, -0.2) is 14.4 Å². The zero-order chi connectivity index (χ0) is 26.2. The maximum Gasteiger partial charge on any atom is 0.338 e. The molecule has 2 unspecified atom stereocenters. The van der Waals surface area contributed by atoms with Crippen LogP contribution in [0.15, 0.2) is 91.0 Å². The maximum atomic E-state index is 13.1. The first-order valence-corrected chi connectivity index (χ1v) is 13.1. The molecule has 1 fully saturated rings. The molecule has 1 aliphatic heterocycles. The minimum atomic E-state index is -1.11. The van der Waals surface area contributed by atoms with Crippen molar-refractivity contribution in [3.8, 4) is 0 Å². The van der Waals surface area contributed by atoms with Crippen LogP contribution in [0.3, 0.4) is 0 Å². The van der Waals surface area contributed by atoms with Gasteiger partial charge in [0.25, 0.3) is 0 Å². The van der Waals surface area contributed by atoms with Gasteiger partial charge < -0.3 is 18.9 Å². The van der Waals surface area contributed by atoms with E-state index in [-0.39, 0.29) is 0 Å². The van der Waals surface area contributed by atoms with Gasteiger partial charge in [0.05, 0.1) is 22.8 Å². The lowest BCUT2D eigenvalue weighted by Crippen LogP contribution is -2.60. The number of carbonyl (C=O) groups is 3. The minimum Gasteiger partial charge on any atom is -0.452 e. The summed E-state index contributed by atoms with van der Waals surface area (Å²) in [5.74, 6) is -1.16. The number of thioether (sulfide) groups is 1. The van der Waals surface area contributed by atoms with Crippen molar-refractivity contribution in [1.29, 1.82) is 0 Å². The van der Waals surface area contributed by atoms with E-state index in [1.807, 2.05) is 6.92 Å². The van der Waals surface area contributed by atoms with E-state index in [0.717, 1.165) is 0 Å². The summed E-state index contributed by atoms with van der Waals surface area (Å²) in [6, 6.07) is 25.5. The molecule has 7 nitrogen and oxygen atoms in total. The largest absolute Gasteiger partial charge is 0.452 e. The third kappa shape index (κ3) is 6.58. The first kappa shape index (κ1) is 26.4. The first-order valence-electron chi connectivity index (χ1n) is 12.0. The number of hydrogen-bond donors (Lipinski definition) is 0. The predicted molar refractivity (Wildman–Crippen MR) is 139 cm³/mol. The van der Waals surface area contributed by atoms with Gasteiger partial charge in [0.15, 0.2) is 18.3 Å². The molecule has 0 aliphatic carbocycles. The van der Waals surface area contributed by atoms with Crippen LogP contribution in [-0.2, 0) is 18.9 Å². The Morgan fingerprint density at radius 2 is 1.03 bits per heavy atom. The molecule has 8 heteroatoms. The number of carbonyl (C=O) groups excluding carboxylic acids is 3. The van der Waals surface area contributed by atoms with E-state index in [4.69, 9.17) is 18.9 Å². The Balaban J connectivity index is 1.67. The lowest BCUT2D eigenvalue weighted by Gasteiger charge is -2.43. The zero-order valence-corrected chi connectivity index (χ0v) is 21.3. The fourth-order valence-electron chi connectivity index (χ4n) is 3.99. The molecule has 37 heavy (non-hydrogen) atoms. The standard InChI is InChI=1S/C29H28O7S/c1-3-37-29-25(36-28(32)22-17-11-6-12-18-22)24(35-27(31)21-15-9-5-10-16-21)23(19(2)33-29)34-26(30)20-13-7-4-8-14-20/h4-19,23-25,29H,3H2,1-2H3/t19?,23-,24?,25-,29-/m0/s1. The Kier molecular flexibility index (Phi) is 8.98. The smallest absolute Gasteiger partial charge is 0.338 e. The molecule has 0 N–H and O–H groups in total.